The molecule has 0 fully saturated rings. The summed E-state index contributed by atoms with van der Waals surface area (Å²) in [4.78, 5) is 13.8. The summed E-state index contributed by atoms with van der Waals surface area (Å²) in [6.07, 6.45) is 4.35. The van der Waals surface area contributed by atoms with Crippen molar-refractivity contribution in [2.45, 2.75) is 17.2 Å². The largest absolute Gasteiger partial charge is 0.395 e. The lowest BCUT2D eigenvalue weighted by Gasteiger charge is -2.28. The normalized spacial score (nSPS) is 22.4. The lowest BCUT2D eigenvalue weighted by molar-refractivity contribution is -0.114. The van der Waals surface area contributed by atoms with Crippen LogP contribution in [0.1, 0.15) is 17.9 Å². The molecule has 17 heavy (non-hydrogen) atoms. The number of rotatable bonds is 1. The zero-order valence-corrected chi connectivity index (χ0v) is 10.0. The SMILES string of the molecule is O=C1CC=CC2=C1Sc1ccccc1C2CO. The fourth-order valence-corrected chi connectivity index (χ4v) is 3.57. The van der Waals surface area contributed by atoms with Gasteiger partial charge in [-0.3, -0.25) is 4.79 Å². The van der Waals surface area contributed by atoms with Gasteiger partial charge in [0.1, 0.15) is 0 Å². The smallest absolute Gasteiger partial charge is 0.173 e. The topological polar surface area (TPSA) is 37.3 Å². The van der Waals surface area contributed by atoms with Crippen LogP contribution in [0, 0.1) is 0 Å². The van der Waals surface area contributed by atoms with Gasteiger partial charge in [-0.2, -0.15) is 0 Å². The van der Waals surface area contributed by atoms with E-state index >= 15 is 0 Å². The lowest BCUT2D eigenvalue weighted by atomic mass is 9.87. The maximum absolute atomic E-state index is 11.9. The first-order chi connectivity index (χ1) is 8.31. The predicted molar refractivity (Wildman–Crippen MR) is 67.9 cm³/mol. The molecule has 2 aliphatic rings. The van der Waals surface area contributed by atoms with Crippen LogP contribution in [0.15, 0.2) is 51.8 Å². The molecule has 2 nitrogen and oxygen atoms in total. The Hall–Kier alpha value is -1.32. The molecule has 3 rings (SSSR count). The molecule has 0 amide bonds. The summed E-state index contributed by atoms with van der Waals surface area (Å²) in [7, 11) is 0. The molecule has 1 aromatic carbocycles. The average molecular weight is 244 g/mol. The third-order valence-corrected chi connectivity index (χ3v) is 4.44. The highest BCUT2D eigenvalue weighted by atomic mass is 32.2. The van der Waals surface area contributed by atoms with Gasteiger partial charge >= 0.3 is 0 Å². The minimum absolute atomic E-state index is 0.0496. The van der Waals surface area contributed by atoms with Crippen LogP contribution in [0.3, 0.4) is 0 Å². The first kappa shape index (κ1) is 10.8. The summed E-state index contributed by atoms with van der Waals surface area (Å²) in [6, 6.07) is 7.98. The Morgan fingerprint density at radius 2 is 2.18 bits per heavy atom. The van der Waals surface area contributed by atoms with Gasteiger partial charge in [0.2, 0.25) is 0 Å². The fourth-order valence-electron chi connectivity index (χ4n) is 2.35. The van der Waals surface area contributed by atoms with Crippen molar-refractivity contribution in [2.75, 3.05) is 6.61 Å². The van der Waals surface area contributed by atoms with E-state index in [2.05, 4.69) is 0 Å². The van der Waals surface area contributed by atoms with Gasteiger partial charge in [-0.05, 0) is 17.2 Å². The summed E-state index contributed by atoms with van der Waals surface area (Å²) < 4.78 is 0. The molecule has 1 aromatic rings. The third kappa shape index (κ3) is 1.66. The van der Waals surface area contributed by atoms with Crippen molar-refractivity contribution in [1.29, 1.82) is 0 Å². The average Bonchev–Trinajstić information content (AvgIpc) is 2.37. The van der Waals surface area contributed by atoms with E-state index in [4.69, 9.17) is 0 Å². The first-order valence-corrected chi connectivity index (χ1v) is 6.44. The highest BCUT2D eigenvalue weighted by Crippen LogP contribution is 2.46. The second-order valence-corrected chi connectivity index (χ2v) is 5.24. The highest BCUT2D eigenvalue weighted by Gasteiger charge is 2.30. The number of allylic oxidation sites excluding steroid dienone is 3. The van der Waals surface area contributed by atoms with Crippen LogP contribution in [-0.2, 0) is 4.79 Å². The van der Waals surface area contributed by atoms with Gasteiger partial charge in [0, 0.05) is 17.2 Å². The molecule has 0 radical (unpaired) electrons. The van der Waals surface area contributed by atoms with Crippen LogP contribution in [0.5, 0.6) is 0 Å². The molecule has 1 N–H and O–H groups in total. The lowest BCUT2D eigenvalue weighted by Crippen LogP contribution is -2.18. The van der Waals surface area contributed by atoms with Crippen molar-refractivity contribution in [3.05, 3.63) is 52.5 Å². The van der Waals surface area contributed by atoms with Gasteiger partial charge in [-0.1, -0.05) is 42.1 Å². The summed E-state index contributed by atoms with van der Waals surface area (Å²) in [5.74, 6) is 0.114. The molecule has 0 bridgehead atoms. The fraction of sp³-hybridized carbons (Fsp3) is 0.214. The van der Waals surface area contributed by atoms with E-state index < -0.39 is 0 Å². The van der Waals surface area contributed by atoms with Crippen LogP contribution in [0.2, 0.25) is 0 Å². The summed E-state index contributed by atoms with van der Waals surface area (Å²) in [5, 5.41) is 9.57. The van der Waals surface area contributed by atoms with Gasteiger partial charge in [0.05, 0.1) is 11.5 Å². The van der Waals surface area contributed by atoms with Crippen molar-refractivity contribution in [2.24, 2.45) is 0 Å². The number of aliphatic hydroxyl groups is 1. The van der Waals surface area contributed by atoms with E-state index in [1.54, 1.807) is 0 Å². The molecule has 0 saturated carbocycles. The predicted octanol–water partition coefficient (Wildman–Crippen LogP) is 2.65. The minimum atomic E-state index is -0.0528. The number of benzene rings is 1. The number of carbonyl (C=O) groups is 1. The second-order valence-electron chi connectivity index (χ2n) is 4.19. The van der Waals surface area contributed by atoms with E-state index in [9.17, 15) is 9.90 Å². The van der Waals surface area contributed by atoms with Crippen molar-refractivity contribution >= 4 is 17.5 Å². The van der Waals surface area contributed by atoms with Gasteiger partial charge in [-0.15, -0.1) is 0 Å². The number of Topliss-reactive ketones (excluding diaryl/α,β-unsaturated/α-hetero) is 1. The summed E-state index contributed by atoms with van der Waals surface area (Å²) >= 11 is 1.54. The number of carbonyl (C=O) groups excluding carboxylic acids is 1. The van der Waals surface area contributed by atoms with Crippen molar-refractivity contribution in [1.82, 2.24) is 0 Å². The van der Waals surface area contributed by atoms with Gasteiger partial charge in [0.15, 0.2) is 5.78 Å². The Balaban J connectivity index is 2.16. The van der Waals surface area contributed by atoms with Crippen LogP contribution >= 0.6 is 11.8 Å². The van der Waals surface area contributed by atoms with Gasteiger partial charge in [0.25, 0.3) is 0 Å². The van der Waals surface area contributed by atoms with Crippen LogP contribution in [0.25, 0.3) is 0 Å². The molecular formula is C14H12O2S. The quantitative estimate of drug-likeness (QED) is 0.825. The highest BCUT2D eigenvalue weighted by molar-refractivity contribution is 8.04. The Morgan fingerprint density at radius 1 is 1.35 bits per heavy atom. The summed E-state index contributed by atoms with van der Waals surface area (Å²) in [6.45, 7) is 0.0496. The number of hydrogen-bond acceptors (Lipinski definition) is 3. The van der Waals surface area contributed by atoms with Crippen LogP contribution in [0.4, 0.5) is 0 Å². The zero-order valence-electron chi connectivity index (χ0n) is 9.22. The molecule has 0 spiro atoms. The Kier molecular flexibility index (Phi) is 2.65. The van der Waals surface area contributed by atoms with Crippen LogP contribution in [-0.4, -0.2) is 17.5 Å². The van der Waals surface area contributed by atoms with E-state index in [1.165, 1.54) is 11.8 Å². The maximum Gasteiger partial charge on any atom is 0.173 e. The third-order valence-electron chi connectivity index (χ3n) is 3.18. The molecule has 1 heterocycles. The van der Waals surface area contributed by atoms with E-state index in [0.717, 1.165) is 20.9 Å². The molecule has 1 atom stereocenters. The monoisotopic (exact) mass is 244 g/mol. The van der Waals surface area contributed by atoms with Crippen molar-refractivity contribution in [3.63, 3.8) is 0 Å². The molecule has 1 aliphatic carbocycles. The first-order valence-electron chi connectivity index (χ1n) is 5.63. The Labute approximate surface area is 104 Å². The molecular weight excluding hydrogens is 232 g/mol. The van der Waals surface area contributed by atoms with E-state index in [0.29, 0.717) is 6.42 Å². The van der Waals surface area contributed by atoms with Crippen molar-refractivity contribution in [3.8, 4) is 0 Å². The van der Waals surface area contributed by atoms with Crippen molar-refractivity contribution < 1.29 is 9.90 Å². The number of thioether (sulfide) groups is 1. The second kappa shape index (κ2) is 4.17. The molecule has 3 heteroatoms. The molecule has 0 saturated heterocycles. The minimum Gasteiger partial charge on any atom is -0.395 e. The van der Waals surface area contributed by atoms with E-state index in [-0.39, 0.29) is 18.3 Å². The zero-order chi connectivity index (χ0) is 11.8. The maximum atomic E-state index is 11.9. The molecule has 1 aliphatic heterocycles. The molecule has 86 valence electrons. The molecule has 1 unspecified atom stereocenters. The summed E-state index contributed by atoms with van der Waals surface area (Å²) in [5.41, 5.74) is 2.10. The number of hydrogen-bond donors (Lipinski definition) is 1. The number of fused-ring (bicyclic) bond motifs is 1. The Bertz CT molecular complexity index is 543. The van der Waals surface area contributed by atoms with Gasteiger partial charge in [-0.25, -0.2) is 0 Å². The standard InChI is InChI=1S/C14H12O2S/c15-8-11-9-4-1-2-7-13(9)17-14-10(11)5-3-6-12(14)16/h1-5,7,11,15H,6,8H2. The van der Waals surface area contributed by atoms with Crippen LogP contribution < -0.4 is 0 Å². The van der Waals surface area contributed by atoms with Gasteiger partial charge < -0.3 is 5.11 Å². The molecule has 0 aromatic heterocycles. The number of ketones is 1. The van der Waals surface area contributed by atoms with E-state index in [1.807, 2.05) is 36.4 Å². The Morgan fingerprint density at radius 3 is 3.00 bits per heavy atom. The number of aliphatic hydroxyl groups excluding tert-OH is 1.